The number of nitrogens with zero attached hydrogens (tertiary/aromatic N) is 2. The molecule has 2 nitrogen and oxygen atoms in total. The van der Waals surface area contributed by atoms with Crippen LogP contribution in [0.3, 0.4) is 0 Å². The Labute approximate surface area is 365 Å². The summed E-state index contributed by atoms with van der Waals surface area (Å²) in [6.45, 7) is 0. The van der Waals surface area contributed by atoms with Crippen molar-refractivity contribution in [3.8, 4) is 67.3 Å². The molecule has 0 aliphatic heterocycles. The Morgan fingerprint density at radius 2 is 0.839 bits per heavy atom. The fourth-order valence-electron chi connectivity index (χ4n) is 9.74. The normalized spacial score (nSPS) is 12.6. The molecule has 290 valence electrons. The highest BCUT2D eigenvalue weighted by Crippen LogP contribution is 2.56. The first-order valence-electron chi connectivity index (χ1n) is 21.1. The van der Waals surface area contributed by atoms with Crippen LogP contribution >= 0.6 is 11.3 Å². The van der Waals surface area contributed by atoms with Crippen molar-refractivity contribution in [1.82, 2.24) is 9.97 Å². The van der Waals surface area contributed by atoms with Gasteiger partial charge in [0, 0.05) is 36.9 Å². The molecule has 0 saturated heterocycles. The third-order valence-corrected chi connectivity index (χ3v) is 13.8. The van der Waals surface area contributed by atoms with Crippen LogP contribution in [0.1, 0.15) is 22.3 Å². The van der Waals surface area contributed by atoms with Crippen LogP contribution in [-0.4, -0.2) is 9.97 Å². The molecule has 1 aliphatic carbocycles. The molecule has 12 rings (SSSR count). The van der Waals surface area contributed by atoms with Crippen LogP contribution in [0.15, 0.2) is 231 Å². The molecule has 3 heteroatoms. The molecular weight excluding hydrogens is 769 g/mol. The molecular formula is C59H38N2S. The van der Waals surface area contributed by atoms with Gasteiger partial charge < -0.3 is 0 Å². The largest absolute Gasteiger partial charge is 0.228 e. The molecule has 1 aliphatic rings. The van der Waals surface area contributed by atoms with Crippen LogP contribution in [0, 0.1) is 0 Å². The maximum absolute atomic E-state index is 5.20. The van der Waals surface area contributed by atoms with Crippen molar-refractivity contribution in [2.45, 2.75) is 5.41 Å². The van der Waals surface area contributed by atoms with E-state index < -0.39 is 5.41 Å². The van der Waals surface area contributed by atoms with Gasteiger partial charge in [0.2, 0.25) is 0 Å². The van der Waals surface area contributed by atoms with Crippen molar-refractivity contribution in [2.24, 2.45) is 0 Å². The molecule has 0 spiro atoms. The number of fused-ring (bicyclic) bond motifs is 6. The Balaban J connectivity index is 0.926. The van der Waals surface area contributed by atoms with Crippen molar-refractivity contribution in [3.63, 3.8) is 0 Å². The van der Waals surface area contributed by atoms with E-state index >= 15 is 0 Å². The van der Waals surface area contributed by atoms with Gasteiger partial charge >= 0.3 is 0 Å². The summed E-state index contributed by atoms with van der Waals surface area (Å²) in [4.78, 5) is 10.4. The van der Waals surface area contributed by atoms with E-state index in [-0.39, 0.29) is 0 Å². The minimum absolute atomic E-state index is 0.426. The fraction of sp³-hybridized carbons (Fsp3) is 0.0169. The van der Waals surface area contributed by atoms with Gasteiger partial charge in [0.15, 0.2) is 5.82 Å². The Hall–Kier alpha value is -7.72. The number of thiophene rings is 1. The van der Waals surface area contributed by atoms with E-state index in [0.29, 0.717) is 5.82 Å². The maximum Gasteiger partial charge on any atom is 0.160 e. The van der Waals surface area contributed by atoms with Gasteiger partial charge in [-0.2, -0.15) is 0 Å². The zero-order chi connectivity index (χ0) is 41.0. The van der Waals surface area contributed by atoms with Crippen LogP contribution < -0.4 is 0 Å². The average Bonchev–Trinajstić information content (AvgIpc) is 3.89. The molecule has 0 saturated carbocycles. The number of rotatable bonds is 7. The number of hydrogen-bond donors (Lipinski definition) is 0. The highest BCUT2D eigenvalue weighted by Gasteiger charge is 2.45. The summed E-state index contributed by atoms with van der Waals surface area (Å²) < 4.78 is 2.63. The second-order valence-corrected chi connectivity index (χ2v) is 17.1. The predicted molar refractivity (Wildman–Crippen MR) is 259 cm³/mol. The first-order chi connectivity index (χ1) is 30.7. The molecule has 0 unspecified atom stereocenters. The smallest absolute Gasteiger partial charge is 0.160 e. The standard InChI is InChI=1S/C59H38N2S/c1-3-15-42(16-4-1)58-60-54(41-31-29-40(30-32-41)47-24-14-25-51-50-23-9-12-28-56(50)62-57(47)51)38-55(61-58)44-18-13-17-43(37-44)39-33-35-46(36-34-39)59(45-19-5-2-6-20-45)52-26-10-7-21-48(52)49-22-8-11-27-53(49)59/h1-38H. The number of benzene rings is 9. The van der Waals surface area contributed by atoms with Crippen LogP contribution in [0.25, 0.3) is 87.5 Å². The molecule has 9 aromatic carbocycles. The van der Waals surface area contributed by atoms with Crippen LogP contribution in [0.5, 0.6) is 0 Å². The van der Waals surface area contributed by atoms with E-state index in [1.165, 1.54) is 64.7 Å². The minimum Gasteiger partial charge on any atom is -0.228 e. The molecule has 0 amide bonds. The van der Waals surface area contributed by atoms with Gasteiger partial charge in [-0.25, -0.2) is 9.97 Å². The van der Waals surface area contributed by atoms with Gasteiger partial charge in [-0.05, 0) is 73.8 Å². The lowest BCUT2D eigenvalue weighted by Crippen LogP contribution is -2.28. The van der Waals surface area contributed by atoms with Crippen molar-refractivity contribution in [2.75, 3.05) is 0 Å². The van der Waals surface area contributed by atoms with Gasteiger partial charge in [0.25, 0.3) is 0 Å². The van der Waals surface area contributed by atoms with Gasteiger partial charge in [0.1, 0.15) is 0 Å². The van der Waals surface area contributed by atoms with E-state index in [2.05, 4.69) is 212 Å². The topological polar surface area (TPSA) is 25.8 Å². The van der Waals surface area contributed by atoms with E-state index in [1.54, 1.807) is 0 Å². The summed E-state index contributed by atoms with van der Waals surface area (Å²) in [5, 5.41) is 2.62. The van der Waals surface area contributed by atoms with Gasteiger partial charge in [-0.15, -0.1) is 11.3 Å². The van der Waals surface area contributed by atoms with E-state index in [9.17, 15) is 0 Å². The van der Waals surface area contributed by atoms with Gasteiger partial charge in [-0.1, -0.05) is 212 Å². The SMILES string of the molecule is c1ccc(-c2nc(-c3ccc(-c4cccc5c4sc4ccccc45)cc3)cc(-c3cccc(-c4ccc(C5(c6ccccc6)c6ccccc6-c6ccccc65)cc4)c3)n2)cc1. The molecule has 0 bridgehead atoms. The molecule has 2 aromatic heterocycles. The van der Waals surface area contributed by atoms with Crippen molar-refractivity contribution < 1.29 is 0 Å². The Morgan fingerprint density at radius 3 is 1.58 bits per heavy atom. The highest BCUT2D eigenvalue weighted by molar-refractivity contribution is 7.26. The minimum atomic E-state index is -0.426. The van der Waals surface area contributed by atoms with E-state index in [4.69, 9.17) is 9.97 Å². The van der Waals surface area contributed by atoms with E-state index in [1.807, 2.05) is 29.5 Å². The van der Waals surface area contributed by atoms with Crippen molar-refractivity contribution >= 4 is 31.5 Å². The second kappa shape index (κ2) is 14.8. The van der Waals surface area contributed by atoms with Crippen LogP contribution in [-0.2, 0) is 5.41 Å². The number of aromatic nitrogens is 2. The fourth-order valence-corrected chi connectivity index (χ4v) is 11.0. The summed E-state index contributed by atoms with van der Waals surface area (Å²) in [7, 11) is 0. The van der Waals surface area contributed by atoms with Crippen molar-refractivity contribution in [1.29, 1.82) is 0 Å². The lowest BCUT2D eigenvalue weighted by atomic mass is 9.67. The van der Waals surface area contributed by atoms with Crippen LogP contribution in [0.2, 0.25) is 0 Å². The third kappa shape index (κ3) is 5.85. The predicted octanol–water partition coefficient (Wildman–Crippen LogP) is 15.5. The monoisotopic (exact) mass is 806 g/mol. The molecule has 11 aromatic rings. The lowest BCUT2D eigenvalue weighted by Gasteiger charge is -2.34. The summed E-state index contributed by atoms with van der Waals surface area (Å²) in [5.41, 5.74) is 16.9. The quantitative estimate of drug-likeness (QED) is 0.160. The summed E-state index contributed by atoms with van der Waals surface area (Å²) >= 11 is 1.86. The average molecular weight is 807 g/mol. The first-order valence-corrected chi connectivity index (χ1v) is 22.0. The highest BCUT2D eigenvalue weighted by atomic mass is 32.1. The first kappa shape index (κ1) is 36.2. The molecule has 0 N–H and O–H groups in total. The summed E-state index contributed by atoms with van der Waals surface area (Å²) in [6, 6.07) is 83.3. The van der Waals surface area contributed by atoms with Gasteiger partial charge in [0.05, 0.1) is 16.8 Å². The summed E-state index contributed by atoms with van der Waals surface area (Å²) in [5.74, 6) is 0.704. The van der Waals surface area contributed by atoms with E-state index in [0.717, 1.165) is 39.2 Å². The van der Waals surface area contributed by atoms with Crippen LogP contribution in [0.4, 0.5) is 0 Å². The molecule has 0 radical (unpaired) electrons. The third-order valence-electron chi connectivity index (χ3n) is 12.6. The summed E-state index contributed by atoms with van der Waals surface area (Å²) in [6.07, 6.45) is 0. The molecule has 62 heavy (non-hydrogen) atoms. The molecule has 0 atom stereocenters. The van der Waals surface area contributed by atoms with Crippen molar-refractivity contribution in [3.05, 3.63) is 253 Å². The Bertz CT molecular complexity index is 3400. The lowest BCUT2D eigenvalue weighted by molar-refractivity contribution is 0.768. The zero-order valence-corrected chi connectivity index (χ0v) is 34.6. The molecule has 0 fully saturated rings. The maximum atomic E-state index is 5.20. The molecule has 2 heterocycles. The number of hydrogen-bond acceptors (Lipinski definition) is 3. The Kier molecular flexibility index (Phi) is 8.62. The van der Waals surface area contributed by atoms with Gasteiger partial charge in [-0.3, -0.25) is 0 Å². The second-order valence-electron chi connectivity index (χ2n) is 16.1. The Morgan fingerprint density at radius 1 is 0.323 bits per heavy atom. The zero-order valence-electron chi connectivity index (χ0n) is 33.7.